The fourth-order valence-electron chi connectivity index (χ4n) is 2.50. The van der Waals surface area contributed by atoms with E-state index in [2.05, 4.69) is 0 Å². The van der Waals surface area contributed by atoms with E-state index in [-0.39, 0.29) is 12.0 Å². The van der Waals surface area contributed by atoms with Crippen LogP contribution < -0.4 is 5.73 Å². The number of benzene rings is 1. The zero-order chi connectivity index (χ0) is 22.0. The van der Waals surface area contributed by atoms with Crippen molar-refractivity contribution in [1.82, 2.24) is 4.90 Å². The van der Waals surface area contributed by atoms with Gasteiger partial charge < -0.3 is 15.2 Å². The Morgan fingerprint density at radius 2 is 1.86 bits per heavy atom. The van der Waals surface area contributed by atoms with Crippen LogP contribution in [0.5, 0.6) is 0 Å². The second kappa shape index (κ2) is 11.3. The minimum Gasteiger partial charge on any atom is -0.467 e. The first-order valence-electron chi connectivity index (χ1n) is 9.37. The summed E-state index contributed by atoms with van der Waals surface area (Å²) in [6.45, 7) is 5.33. The number of methoxy groups -OCH3 is 1. The molecule has 2 N–H and O–H groups in total. The van der Waals surface area contributed by atoms with Crippen molar-refractivity contribution < 1.29 is 28.2 Å². The van der Waals surface area contributed by atoms with Gasteiger partial charge in [0.1, 0.15) is 17.5 Å². The molecule has 0 aromatic heterocycles. The van der Waals surface area contributed by atoms with Gasteiger partial charge in [0, 0.05) is 11.6 Å². The molecule has 7 nitrogen and oxygen atoms in total. The third-order valence-electron chi connectivity index (χ3n) is 3.85. The number of hydrogen-bond donors (Lipinski definition) is 1. The van der Waals surface area contributed by atoms with E-state index in [0.29, 0.717) is 24.3 Å². The van der Waals surface area contributed by atoms with Gasteiger partial charge in [-0.25, -0.2) is 18.9 Å². The second-order valence-corrected chi connectivity index (χ2v) is 7.37. The first kappa shape index (κ1) is 24.3. The summed E-state index contributed by atoms with van der Waals surface area (Å²) < 4.78 is 23.9. The molecule has 29 heavy (non-hydrogen) atoms. The van der Waals surface area contributed by atoms with E-state index in [4.69, 9.17) is 15.2 Å². The normalized spacial score (nSPS) is 12.5. The number of nitrogens with zero attached hydrogens (tertiary/aromatic N) is 1. The van der Waals surface area contributed by atoms with Gasteiger partial charge in [-0.05, 0) is 58.7 Å². The van der Waals surface area contributed by atoms with Crippen molar-refractivity contribution in [2.45, 2.75) is 51.7 Å². The third-order valence-corrected chi connectivity index (χ3v) is 3.85. The molecule has 1 atom stereocenters. The average Bonchev–Trinajstić information content (AvgIpc) is 2.64. The maximum atomic E-state index is 13.8. The molecule has 0 fully saturated rings. The van der Waals surface area contributed by atoms with E-state index in [0.717, 1.165) is 6.08 Å². The van der Waals surface area contributed by atoms with Crippen molar-refractivity contribution in [3.63, 3.8) is 0 Å². The number of nitrogens with two attached hydrogens (primary N) is 1. The summed E-state index contributed by atoms with van der Waals surface area (Å²) in [6, 6.07) is 4.68. The topological polar surface area (TPSA) is 98.9 Å². The summed E-state index contributed by atoms with van der Waals surface area (Å²) in [5, 5.41) is 0. The lowest BCUT2D eigenvalue weighted by molar-refractivity contribution is -0.151. The zero-order valence-electron chi connectivity index (χ0n) is 17.3. The van der Waals surface area contributed by atoms with Crippen LogP contribution in [-0.2, 0) is 19.1 Å². The van der Waals surface area contributed by atoms with Crippen LogP contribution in [0, 0.1) is 5.82 Å². The van der Waals surface area contributed by atoms with Crippen molar-refractivity contribution in [1.29, 1.82) is 0 Å². The largest absolute Gasteiger partial charge is 0.467 e. The number of rotatable bonds is 8. The van der Waals surface area contributed by atoms with E-state index >= 15 is 0 Å². The minimum atomic E-state index is -1.18. The molecule has 0 unspecified atom stereocenters. The molecular formula is C21H29FN2O5. The van der Waals surface area contributed by atoms with Crippen LogP contribution >= 0.6 is 0 Å². The fraction of sp³-hybridized carbons (Fsp3) is 0.476. The number of carbonyl (C=O) groups is 3. The molecule has 0 spiro atoms. The van der Waals surface area contributed by atoms with E-state index in [9.17, 15) is 18.8 Å². The Bertz CT molecular complexity index is 743. The van der Waals surface area contributed by atoms with E-state index in [1.807, 2.05) is 0 Å². The van der Waals surface area contributed by atoms with Crippen LogP contribution in [0.2, 0.25) is 0 Å². The number of hydrogen-bond acceptors (Lipinski definition) is 6. The van der Waals surface area contributed by atoms with Gasteiger partial charge in [0.05, 0.1) is 7.11 Å². The van der Waals surface area contributed by atoms with Gasteiger partial charge in [-0.3, -0.25) is 4.79 Å². The highest BCUT2D eigenvalue weighted by Crippen LogP contribution is 2.18. The molecule has 0 bridgehead atoms. The van der Waals surface area contributed by atoms with Gasteiger partial charge in [0.15, 0.2) is 0 Å². The lowest BCUT2D eigenvalue weighted by Crippen LogP contribution is -2.50. The van der Waals surface area contributed by atoms with Crippen LogP contribution in [0.4, 0.5) is 9.18 Å². The molecule has 0 heterocycles. The Kier molecular flexibility index (Phi) is 9.47. The molecule has 0 saturated carbocycles. The Balaban J connectivity index is 3.22. The van der Waals surface area contributed by atoms with Crippen molar-refractivity contribution in [3.8, 4) is 0 Å². The summed E-state index contributed by atoms with van der Waals surface area (Å²) in [5.41, 5.74) is 4.78. The van der Waals surface area contributed by atoms with E-state index in [1.165, 1.54) is 31.4 Å². The predicted molar refractivity (Wildman–Crippen MR) is 107 cm³/mol. The molecule has 0 saturated heterocycles. The van der Waals surface area contributed by atoms with Crippen LogP contribution in [0.3, 0.4) is 0 Å². The molecule has 1 rings (SSSR count). The van der Waals surface area contributed by atoms with Crippen molar-refractivity contribution in [2.75, 3.05) is 13.7 Å². The van der Waals surface area contributed by atoms with Crippen LogP contribution in [0.1, 0.15) is 45.6 Å². The lowest BCUT2D eigenvalue weighted by atomic mass is 10.1. The number of esters is 1. The molecular weight excluding hydrogens is 379 g/mol. The Morgan fingerprint density at radius 1 is 1.21 bits per heavy atom. The molecule has 0 aliphatic rings. The summed E-state index contributed by atoms with van der Waals surface area (Å²) >= 11 is 0. The SMILES string of the molecule is COC(=O)[C@H](CCCCN)N(C(=O)C=Cc1ccccc1F)C(=O)OC(C)(C)C. The number of halogens is 1. The molecule has 0 aliphatic heterocycles. The number of ether oxygens (including phenoxy) is 2. The smallest absolute Gasteiger partial charge is 0.418 e. The first-order chi connectivity index (χ1) is 13.6. The molecule has 8 heteroatoms. The second-order valence-electron chi connectivity index (χ2n) is 7.37. The van der Waals surface area contributed by atoms with Gasteiger partial charge in [0.2, 0.25) is 0 Å². The van der Waals surface area contributed by atoms with Crippen molar-refractivity contribution in [3.05, 3.63) is 41.7 Å². The molecule has 2 amide bonds. The summed E-state index contributed by atoms with van der Waals surface area (Å²) in [5.74, 6) is -2.08. The van der Waals surface area contributed by atoms with E-state index in [1.54, 1.807) is 26.8 Å². The van der Waals surface area contributed by atoms with Gasteiger partial charge in [-0.2, -0.15) is 0 Å². The quantitative estimate of drug-likeness (QED) is 0.403. The van der Waals surface area contributed by atoms with Crippen molar-refractivity contribution in [2.24, 2.45) is 5.73 Å². The summed E-state index contributed by atoms with van der Waals surface area (Å²) in [7, 11) is 1.17. The van der Waals surface area contributed by atoms with Gasteiger partial charge >= 0.3 is 12.1 Å². The predicted octanol–water partition coefficient (Wildman–Crippen LogP) is 3.27. The molecule has 1 aromatic rings. The molecule has 160 valence electrons. The summed E-state index contributed by atoms with van der Waals surface area (Å²) in [6.07, 6.45) is 2.56. The van der Waals surface area contributed by atoms with Gasteiger partial charge in [0.25, 0.3) is 5.91 Å². The van der Waals surface area contributed by atoms with Crippen LogP contribution in [0.25, 0.3) is 6.08 Å². The first-order valence-corrected chi connectivity index (χ1v) is 9.37. The maximum absolute atomic E-state index is 13.8. The monoisotopic (exact) mass is 408 g/mol. The number of imide groups is 1. The standard InChI is InChI=1S/C21H29FN2O5/c1-21(2,3)29-20(27)24(17(19(26)28-4)11-7-8-14-23)18(25)13-12-15-9-5-6-10-16(15)22/h5-6,9-10,12-13,17H,7-8,11,14,23H2,1-4H3/t17-/m0/s1. The molecule has 1 aromatic carbocycles. The zero-order valence-corrected chi connectivity index (χ0v) is 17.3. The highest BCUT2D eigenvalue weighted by Gasteiger charge is 2.37. The molecule has 0 aliphatic carbocycles. The number of carbonyl (C=O) groups excluding carboxylic acids is 3. The highest BCUT2D eigenvalue weighted by molar-refractivity contribution is 6.04. The minimum absolute atomic E-state index is 0.169. The maximum Gasteiger partial charge on any atom is 0.418 e. The Hall–Kier alpha value is -2.74. The van der Waals surface area contributed by atoms with Crippen LogP contribution in [-0.4, -0.2) is 48.2 Å². The fourth-order valence-corrected chi connectivity index (χ4v) is 2.50. The highest BCUT2D eigenvalue weighted by atomic mass is 19.1. The lowest BCUT2D eigenvalue weighted by Gasteiger charge is -2.30. The van der Waals surface area contributed by atoms with Crippen LogP contribution in [0.15, 0.2) is 30.3 Å². The van der Waals surface area contributed by atoms with Crippen molar-refractivity contribution >= 4 is 24.0 Å². The Morgan fingerprint density at radius 3 is 2.41 bits per heavy atom. The summed E-state index contributed by atoms with van der Waals surface area (Å²) in [4.78, 5) is 38.6. The number of amides is 2. The average molecular weight is 408 g/mol. The van der Waals surface area contributed by atoms with Gasteiger partial charge in [-0.1, -0.05) is 18.2 Å². The van der Waals surface area contributed by atoms with E-state index < -0.39 is 35.4 Å². The third kappa shape index (κ3) is 8.03. The number of unbranched alkanes of at least 4 members (excludes halogenated alkanes) is 1. The molecule has 0 radical (unpaired) electrons. The van der Waals surface area contributed by atoms with Gasteiger partial charge in [-0.15, -0.1) is 0 Å². The Labute approximate surface area is 170 Å².